The number of hydrogen-bond donors (Lipinski definition) is 0. The molecular formula is C15H14ClN3O3S. The van der Waals surface area contributed by atoms with Crippen molar-refractivity contribution in [3.8, 4) is 11.5 Å². The van der Waals surface area contributed by atoms with E-state index in [1.165, 1.54) is 30.7 Å². The highest BCUT2D eigenvalue weighted by atomic mass is 35.5. The van der Waals surface area contributed by atoms with Crippen LogP contribution in [-0.2, 0) is 11.0 Å². The summed E-state index contributed by atoms with van der Waals surface area (Å²) in [7, 11) is 1.38. The molecule has 2 heterocycles. The number of alkyl halides is 1. The molecule has 3 aromatic rings. The number of methoxy groups -OCH3 is 2. The average molecular weight is 352 g/mol. The van der Waals surface area contributed by atoms with Crippen molar-refractivity contribution in [2.24, 2.45) is 0 Å². The van der Waals surface area contributed by atoms with Crippen molar-refractivity contribution in [3.63, 3.8) is 0 Å². The Morgan fingerprint density at radius 2 is 1.96 bits per heavy atom. The van der Waals surface area contributed by atoms with Crippen LogP contribution >= 0.6 is 11.6 Å². The number of fused-ring (bicyclic) bond motifs is 1. The number of halogens is 1. The molecule has 0 N–H and O–H groups in total. The molecule has 0 aliphatic carbocycles. The number of hydrogen-bond acceptors (Lipinski definition) is 5. The van der Waals surface area contributed by atoms with Crippen LogP contribution in [0.1, 0.15) is 10.4 Å². The molecule has 2 aromatic heterocycles. The molecule has 0 radical (unpaired) electrons. The van der Waals surface area contributed by atoms with Crippen LogP contribution in [0.3, 0.4) is 0 Å². The maximum absolute atomic E-state index is 12.9. The lowest BCUT2D eigenvalue weighted by Crippen LogP contribution is -2.12. The number of ether oxygens (including phenoxy) is 2. The largest absolute Gasteiger partial charge is 0.493 e. The molecular weight excluding hydrogens is 338 g/mol. The molecule has 0 amide bonds. The SMILES string of the molecule is COc1ccnc(C(Cl)S(=O)n2cnc3ccccc32)c1OC. The molecule has 1 aromatic carbocycles. The van der Waals surface area contributed by atoms with Crippen molar-refractivity contribution in [2.45, 2.75) is 4.71 Å². The fraction of sp³-hybridized carbons (Fsp3) is 0.200. The lowest BCUT2D eigenvalue weighted by atomic mass is 10.3. The van der Waals surface area contributed by atoms with E-state index in [0.29, 0.717) is 17.2 Å². The number of pyridine rings is 1. The molecule has 2 unspecified atom stereocenters. The lowest BCUT2D eigenvalue weighted by molar-refractivity contribution is 0.350. The van der Waals surface area contributed by atoms with Gasteiger partial charge < -0.3 is 9.47 Å². The summed E-state index contributed by atoms with van der Waals surface area (Å²) < 4.78 is 24.0. The molecule has 0 aliphatic rings. The van der Waals surface area contributed by atoms with Crippen LogP contribution in [0.25, 0.3) is 11.0 Å². The van der Waals surface area contributed by atoms with Gasteiger partial charge in [0, 0.05) is 12.3 Å². The van der Waals surface area contributed by atoms with Crippen molar-refractivity contribution >= 4 is 33.6 Å². The molecule has 6 nitrogen and oxygen atoms in total. The van der Waals surface area contributed by atoms with Gasteiger partial charge in [-0.15, -0.1) is 0 Å². The van der Waals surface area contributed by atoms with E-state index in [-0.39, 0.29) is 0 Å². The molecule has 0 fully saturated rings. The first kappa shape index (κ1) is 15.8. The molecule has 0 aliphatic heterocycles. The Hall–Kier alpha value is -2.12. The van der Waals surface area contributed by atoms with Gasteiger partial charge in [0.05, 0.1) is 25.3 Å². The summed E-state index contributed by atoms with van der Waals surface area (Å²) in [6.07, 6.45) is 3.04. The van der Waals surface area contributed by atoms with Gasteiger partial charge in [-0.2, -0.15) is 0 Å². The second-order valence-electron chi connectivity index (χ2n) is 4.58. The summed E-state index contributed by atoms with van der Waals surface area (Å²) in [5.41, 5.74) is 1.83. The Kier molecular flexibility index (Phi) is 4.49. The van der Waals surface area contributed by atoms with Gasteiger partial charge in [-0.1, -0.05) is 23.7 Å². The maximum atomic E-state index is 12.9. The van der Waals surface area contributed by atoms with Crippen molar-refractivity contribution in [3.05, 3.63) is 48.5 Å². The zero-order valence-electron chi connectivity index (χ0n) is 12.5. The highest BCUT2D eigenvalue weighted by Gasteiger charge is 2.26. The van der Waals surface area contributed by atoms with Crippen LogP contribution in [0.15, 0.2) is 42.9 Å². The molecule has 0 saturated carbocycles. The number of rotatable bonds is 5. The number of aromatic nitrogens is 3. The number of benzene rings is 1. The average Bonchev–Trinajstić information content (AvgIpc) is 3.03. The molecule has 8 heteroatoms. The third-order valence-corrected chi connectivity index (χ3v) is 5.25. The van der Waals surface area contributed by atoms with Crippen molar-refractivity contribution in [1.82, 2.24) is 13.9 Å². The van der Waals surface area contributed by atoms with Gasteiger partial charge in [-0.25, -0.2) is 13.2 Å². The van der Waals surface area contributed by atoms with E-state index < -0.39 is 15.7 Å². The second kappa shape index (κ2) is 6.55. The first-order valence-electron chi connectivity index (χ1n) is 6.71. The van der Waals surface area contributed by atoms with Crippen LogP contribution in [0.5, 0.6) is 11.5 Å². The van der Waals surface area contributed by atoms with E-state index in [1.807, 2.05) is 24.3 Å². The maximum Gasteiger partial charge on any atom is 0.184 e. The van der Waals surface area contributed by atoms with E-state index in [1.54, 1.807) is 6.07 Å². The summed E-state index contributed by atoms with van der Waals surface area (Å²) >= 11 is 6.41. The van der Waals surface area contributed by atoms with Crippen molar-refractivity contribution in [1.29, 1.82) is 0 Å². The summed E-state index contributed by atoms with van der Waals surface area (Å²) in [6.45, 7) is 0. The standard InChI is InChI=1S/C15H14ClN3O3S/c1-21-12-7-8-17-13(14(12)22-2)15(16)23(20)19-9-18-10-5-3-4-6-11(10)19/h3-9,15H,1-2H3. The summed E-state index contributed by atoms with van der Waals surface area (Å²) in [5, 5.41) is 0. The van der Waals surface area contributed by atoms with Crippen molar-refractivity contribution in [2.75, 3.05) is 14.2 Å². The summed E-state index contributed by atoms with van der Waals surface area (Å²) in [6, 6.07) is 9.05. The monoisotopic (exact) mass is 351 g/mol. The third kappa shape index (κ3) is 2.77. The summed E-state index contributed by atoms with van der Waals surface area (Å²) in [5.74, 6) is 0.850. The Balaban J connectivity index is 2.03. The smallest absolute Gasteiger partial charge is 0.184 e. The van der Waals surface area contributed by atoms with Gasteiger partial charge >= 0.3 is 0 Å². The van der Waals surface area contributed by atoms with Gasteiger partial charge in [0.2, 0.25) is 0 Å². The van der Waals surface area contributed by atoms with Crippen LogP contribution in [0, 0.1) is 0 Å². The molecule has 2 atom stereocenters. The van der Waals surface area contributed by atoms with Gasteiger partial charge in [-0.3, -0.25) is 4.98 Å². The van der Waals surface area contributed by atoms with Crippen LogP contribution < -0.4 is 9.47 Å². The minimum absolute atomic E-state index is 0.352. The van der Waals surface area contributed by atoms with Gasteiger partial charge in [-0.05, 0) is 12.1 Å². The lowest BCUT2D eigenvalue weighted by Gasteiger charge is -2.15. The molecule has 0 bridgehead atoms. The number of para-hydroxylation sites is 2. The van der Waals surface area contributed by atoms with E-state index in [4.69, 9.17) is 21.1 Å². The Morgan fingerprint density at radius 3 is 2.70 bits per heavy atom. The minimum Gasteiger partial charge on any atom is -0.493 e. The normalized spacial score (nSPS) is 13.7. The predicted molar refractivity (Wildman–Crippen MR) is 89.2 cm³/mol. The highest BCUT2D eigenvalue weighted by Crippen LogP contribution is 2.37. The fourth-order valence-electron chi connectivity index (χ4n) is 2.25. The second-order valence-corrected chi connectivity index (χ2v) is 6.70. The first-order chi connectivity index (χ1) is 11.2. The van der Waals surface area contributed by atoms with Gasteiger partial charge in [0.15, 0.2) is 16.2 Å². The molecule has 0 saturated heterocycles. The molecule has 3 rings (SSSR count). The van der Waals surface area contributed by atoms with Gasteiger partial charge in [0.25, 0.3) is 0 Å². The van der Waals surface area contributed by atoms with Crippen molar-refractivity contribution < 1.29 is 13.7 Å². The van der Waals surface area contributed by atoms with E-state index >= 15 is 0 Å². The third-order valence-electron chi connectivity index (χ3n) is 3.33. The Bertz CT molecular complexity index is 868. The van der Waals surface area contributed by atoms with E-state index in [2.05, 4.69) is 9.97 Å². The molecule has 120 valence electrons. The van der Waals surface area contributed by atoms with Gasteiger partial charge in [0.1, 0.15) is 23.0 Å². The topological polar surface area (TPSA) is 66.2 Å². The van der Waals surface area contributed by atoms with Crippen LogP contribution in [-0.4, -0.2) is 32.4 Å². The highest BCUT2D eigenvalue weighted by molar-refractivity contribution is 7.85. The first-order valence-corrected chi connectivity index (χ1v) is 8.32. The zero-order chi connectivity index (χ0) is 16.4. The van der Waals surface area contributed by atoms with Crippen LogP contribution in [0.4, 0.5) is 0 Å². The zero-order valence-corrected chi connectivity index (χ0v) is 14.0. The van der Waals surface area contributed by atoms with E-state index in [0.717, 1.165) is 11.0 Å². The number of nitrogens with zero attached hydrogens (tertiary/aromatic N) is 3. The predicted octanol–water partition coefficient (Wildman–Crippen LogP) is 2.90. The fourth-order valence-corrected chi connectivity index (χ4v) is 3.71. The summed E-state index contributed by atoms with van der Waals surface area (Å²) in [4.78, 5) is 8.43. The van der Waals surface area contributed by atoms with E-state index in [9.17, 15) is 4.21 Å². The molecule has 23 heavy (non-hydrogen) atoms. The molecule has 0 spiro atoms. The Morgan fingerprint density at radius 1 is 1.17 bits per heavy atom. The minimum atomic E-state index is -1.62. The Labute approximate surface area is 140 Å². The number of imidazole rings is 1. The van der Waals surface area contributed by atoms with Crippen LogP contribution in [0.2, 0.25) is 0 Å². The quantitative estimate of drug-likeness (QED) is 0.661.